The summed E-state index contributed by atoms with van der Waals surface area (Å²) in [7, 11) is 0. The molecule has 2 N–H and O–H groups in total. The molecule has 1 aliphatic rings. The number of aromatic nitrogens is 2. The van der Waals surface area contributed by atoms with Crippen molar-refractivity contribution in [1.29, 1.82) is 0 Å². The van der Waals surface area contributed by atoms with E-state index < -0.39 is 0 Å². The molecular formula is C14H16FN3. The predicted molar refractivity (Wildman–Crippen MR) is 67.6 cm³/mol. The first-order valence-corrected chi connectivity index (χ1v) is 6.28. The highest BCUT2D eigenvalue weighted by Gasteiger charge is 2.29. The molecule has 0 aliphatic heterocycles. The summed E-state index contributed by atoms with van der Waals surface area (Å²) in [6, 6.07) is 7.41. The standard InChI is InChI=1S/C14H16FN3/c15-12-3-1-10(2-4-12)11-7-13(8-11)18-9-14-16-5-6-17-14/h1-6,11,13,18H,7-9H2,(H,16,17). The topological polar surface area (TPSA) is 40.7 Å². The zero-order valence-corrected chi connectivity index (χ0v) is 10.1. The van der Waals surface area contributed by atoms with Crippen molar-refractivity contribution in [2.45, 2.75) is 31.3 Å². The van der Waals surface area contributed by atoms with Crippen LogP contribution in [0.3, 0.4) is 0 Å². The van der Waals surface area contributed by atoms with Gasteiger partial charge in [-0.1, -0.05) is 12.1 Å². The Kier molecular flexibility index (Phi) is 3.11. The van der Waals surface area contributed by atoms with Crippen LogP contribution in [-0.4, -0.2) is 16.0 Å². The Morgan fingerprint density at radius 2 is 2.06 bits per heavy atom. The molecule has 2 aromatic rings. The summed E-state index contributed by atoms with van der Waals surface area (Å²) in [5.74, 6) is 1.38. The van der Waals surface area contributed by atoms with Gasteiger partial charge in [0, 0.05) is 18.4 Å². The average Bonchev–Trinajstić information content (AvgIpc) is 2.82. The van der Waals surface area contributed by atoms with Crippen molar-refractivity contribution < 1.29 is 4.39 Å². The van der Waals surface area contributed by atoms with Gasteiger partial charge in [-0.2, -0.15) is 0 Å². The number of benzene rings is 1. The van der Waals surface area contributed by atoms with Crippen molar-refractivity contribution in [3.05, 3.63) is 53.9 Å². The quantitative estimate of drug-likeness (QED) is 0.869. The Labute approximate surface area is 105 Å². The number of hydrogen-bond acceptors (Lipinski definition) is 2. The molecule has 3 nitrogen and oxygen atoms in total. The number of nitrogens with zero attached hydrogens (tertiary/aromatic N) is 1. The minimum Gasteiger partial charge on any atom is -0.348 e. The van der Waals surface area contributed by atoms with E-state index in [2.05, 4.69) is 15.3 Å². The van der Waals surface area contributed by atoms with Gasteiger partial charge in [-0.15, -0.1) is 0 Å². The van der Waals surface area contributed by atoms with E-state index in [0.717, 1.165) is 25.2 Å². The lowest BCUT2D eigenvalue weighted by molar-refractivity contribution is 0.287. The summed E-state index contributed by atoms with van der Waals surface area (Å²) >= 11 is 0. The highest BCUT2D eigenvalue weighted by molar-refractivity contribution is 5.23. The monoisotopic (exact) mass is 245 g/mol. The maximum atomic E-state index is 12.8. The third kappa shape index (κ3) is 2.43. The molecule has 1 saturated carbocycles. The van der Waals surface area contributed by atoms with E-state index in [9.17, 15) is 4.39 Å². The lowest BCUT2D eigenvalue weighted by Gasteiger charge is -2.36. The highest BCUT2D eigenvalue weighted by atomic mass is 19.1. The Balaban J connectivity index is 1.47. The predicted octanol–water partition coefficient (Wildman–Crippen LogP) is 2.58. The minimum atomic E-state index is -0.162. The summed E-state index contributed by atoms with van der Waals surface area (Å²) < 4.78 is 12.8. The van der Waals surface area contributed by atoms with Crippen LogP contribution in [0.15, 0.2) is 36.7 Å². The molecule has 1 aliphatic carbocycles. The number of rotatable bonds is 4. The second kappa shape index (κ2) is 4.90. The lowest BCUT2D eigenvalue weighted by Crippen LogP contribution is -2.39. The maximum absolute atomic E-state index is 12.8. The summed E-state index contributed by atoms with van der Waals surface area (Å²) in [6.45, 7) is 0.786. The molecular weight excluding hydrogens is 229 g/mol. The van der Waals surface area contributed by atoms with Gasteiger partial charge < -0.3 is 10.3 Å². The van der Waals surface area contributed by atoms with Crippen LogP contribution in [0.1, 0.15) is 30.1 Å². The smallest absolute Gasteiger partial charge is 0.123 e. The molecule has 3 rings (SSSR count). The van der Waals surface area contributed by atoms with Gasteiger partial charge in [0.1, 0.15) is 11.6 Å². The van der Waals surface area contributed by atoms with Gasteiger partial charge in [0.25, 0.3) is 0 Å². The fourth-order valence-corrected chi connectivity index (χ4v) is 2.43. The number of hydrogen-bond donors (Lipinski definition) is 2. The molecule has 0 spiro atoms. The molecule has 1 aromatic heterocycles. The fourth-order valence-electron chi connectivity index (χ4n) is 2.43. The zero-order chi connectivity index (χ0) is 12.4. The first-order valence-electron chi connectivity index (χ1n) is 6.28. The van der Waals surface area contributed by atoms with Crippen LogP contribution < -0.4 is 5.32 Å². The van der Waals surface area contributed by atoms with Crippen LogP contribution in [0, 0.1) is 5.82 Å². The molecule has 94 valence electrons. The van der Waals surface area contributed by atoms with Crippen molar-refractivity contribution in [3.63, 3.8) is 0 Å². The van der Waals surface area contributed by atoms with Gasteiger partial charge in [-0.05, 0) is 36.5 Å². The van der Waals surface area contributed by atoms with Crippen LogP contribution in [0.4, 0.5) is 4.39 Å². The highest BCUT2D eigenvalue weighted by Crippen LogP contribution is 2.36. The lowest BCUT2D eigenvalue weighted by atomic mass is 9.76. The number of nitrogens with one attached hydrogen (secondary N) is 2. The molecule has 1 heterocycles. The number of aromatic amines is 1. The van der Waals surface area contributed by atoms with E-state index in [1.54, 1.807) is 18.3 Å². The van der Waals surface area contributed by atoms with Crippen LogP contribution in [0.25, 0.3) is 0 Å². The van der Waals surface area contributed by atoms with Gasteiger partial charge in [-0.25, -0.2) is 9.37 Å². The SMILES string of the molecule is Fc1ccc(C2CC(NCc3ncc[nH]3)C2)cc1. The van der Waals surface area contributed by atoms with Gasteiger partial charge in [0.2, 0.25) is 0 Å². The summed E-state index contributed by atoms with van der Waals surface area (Å²) in [5.41, 5.74) is 1.24. The second-order valence-electron chi connectivity index (χ2n) is 4.83. The van der Waals surface area contributed by atoms with E-state index in [4.69, 9.17) is 0 Å². The first kappa shape index (κ1) is 11.4. The van der Waals surface area contributed by atoms with Crippen molar-refractivity contribution in [2.24, 2.45) is 0 Å². The Bertz CT molecular complexity index is 486. The van der Waals surface area contributed by atoms with E-state index in [0.29, 0.717) is 12.0 Å². The fraction of sp³-hybridized carbons (Fsp3) is 0.357. The summed E-state index contributed by atoms with van der Waals surface area (Å²) in [5, 5.41) is 3.46. The van der Waals surface area contributed by atoms with Gasteiger partial charge in [-0.3, -0.25) is 0 Å². The molecule has 0 saturated heterocycles. The summed E-state index contributed by atoms with van der Waals surface area (Å²) in [6.07, 6.45) is 5.83. The van der Waals surface area contributed by atoms with Gasteiger partial charge >= 0.3 is 0 Å². The molecule has 4 heteroatoms. The number of H-pyrrole nitrogens is 1. The number of imidazole rings is 1. The third-order valence-electron chi connectivity index (χ3n) is 3.59. The number of halogens is 1. The minimum absolute atomic E-state index is 0.162. The third-order valence-corrected chi connectivity index (χ3v) is 3.59. The molecule has 0 atom stereocenters. The largest absolute Gasteiger partial charge is 0.348 e. The molecule has 0 radical (unpaired) electrons. The summed E-state index contributed by atoms with van der Waals surface area (Å²) in [4.78, 5) is 7.25. The first-order chi connectivity index (χ1) is 8.81. The molecule has 1 aromatic carbocycles. The molecule has 1 fully saturated rings. The van der Waals surface area contributed by atoms with Crippen LogP contribution in [0.5, 0.6) is 0 Å². The van der Waals surface area contributed by atoms with Crippen molar-refractivity contribution in [1.82, 2.24) is 15.3 Å². The van der Waals surface area contributed by atoms with E-state index in [1.807, 2.05) is 18.3 Å². The normalized spacial score (nSPS) is 22.7. The van der Waals surface area contributed by atoms with Crippen LogP contribution in [0.2, 0.25) is 0 Å². The Morgan fingerprint density at radius 3 is 2.72 bits per heavy atom. The molecule has 0 amide bonds. The molecule has 18 heavy (non-hydrogen) atoms. The molecule has 0 unspecified atom stereocenters. The second-order valence-corrected chi connectivity index (χ2v) is 4.83. The maximum Gasteiger partial charge on any atom is 0.123 e. The van der Waals surface area contributed by atoms with E-state index in [-0.39, 0.29) is 5.82 Å². The van der Waals surface area contributed by atoms with Gasteiger partial charge in [0.15, 0.2) is 0 Å². The van der Waals surface area contributed by atoms with Crippen LogP contribution in [-0.2, 0) is 6.54 Å². The zero-order valence-electron chi connectivity index (χ0n) is 10.1. The average molecular weight is 245 g/mol. The van der Waals surface area contributed by atoms with Crippen LogP contribution >= 0.6 is 0 Å². The van der Waals surface area contributed by atoms with Crippen molar-refractivity contribution in [2.75, 3.05) is 0 Å². The molecule has 0 bridgehead atoms. The Morgan fingerprint density at radius 1 is 1.28 bits per heavy atom. The van der Waals surface area contributed by atoms with Crippen molar-refractivity contribution in [3.8, 4) is 0 Å². The van der Waals surface area contributed by atoms with Crippen molar-refractivity contribution >= 4 is 0 Å². The van der Waals surface area contributed by atoms with Gasteiger partial charge in [0.05, 0.1) is 6.54 Å². The van der Waals surface area contributed by atoms with E-state index in [1.165, 1.54) is 5.56 Å². The van der Waals surface area contributed by atoms with E-state index >= 15 is 0 Å². The Hall–Kier alpha value is -1.68.